The third-order valence-corrected chi connectivity index (χ3v) is 4.65. The molecule has 0 radical (unpaired) electrons. The van der Waals surface area contributed by atoms with Crippen molar-refractivity contribution >= 4 is 24.0 Å². The average molecular weight is 475 g/mol. The molecule has 2 atom stereocenters. The highest BCUT2D eigenvalue weighted by atomic mass is 16.5. The summed E-state index contributed by atoms with van der Waals surface area (Å²) in [4.78, 5) is 29.7. The standard InChI is InChI=1S/C20H26N2O4.C4H4O4/c1-13-8-15(4-7-20(13)26-3)9-14(2)21-11-19(25)16-5-6-18(24)17(10-16)22-12-23;5-3(6)1-2-4(7)8/h4-8,10,12,14,19,21,24-25H,9,11H2,1-3H3,(H,22,23);1-2H,(H,5,6)(H,7,8)/b;2-1+. The summed E-state index contributed by atoms with van der Waals surface area (Å²) in [6.45, 7) is 4.43. The Bertz CT molecular complexity index is 990. The Hall–Kier alpha value is -3.89. The maximum Gasteiger partial charge on any atom is 0.328 e. The average Bonchev–Trinajstić information content (AvgIpc) is 2.78. The van der Waals surface area contributed by atoms with Crippen LogP contribution in [0.1, 0.15) is 29.7 Å². The van der Waals surface area contributed by atoms with E-state index in [2.05, 4.69) is 23.6 Å². The second-order valence-electron chi connectivity index (χ2n) is 7.38. The van der Waals surface area contributed by atoms with Crippen LogP contribution in [0.5, 0.6) is 11.5 Å². The molecule has 0 fully saturated rings. The molecule has 0 aliphatic heterocycles. The van der Waals surface area contributed by atoms with Crippen molar-refractivity contribution < 1.29 is 39.5 Å². The molecular formula is C24H30N2O8. The minimum Gasteiger partial charge on any atom is -0.506 e. The fourth-order valence-electron chi connectivity index (χ4n) is 3.01. The number of hydrogen-bond acceptors (Lipinski definition) is 7. The van der Waals surface area contributed by atoms with Crippen molar-refractivity contribution in [1.29, 1.82) is 0 Å². The van der Waals surface area contributed by atoms with Crippen LogP contribution in [0.4, 0.5) is 5.69 Å². The van der Waals surface area contributed by atoms with Crippen molar-refractivity contribution in [2.24, 2.45) is 0 Å². The first-order chi connectivity index (χ1) is 16.1. The summed E-state index contributed by atoms with van der Waals surface area (Å²) in [5.41, 5.74) is 3.18. The van der Waals surface area contributed by atoms with Gasteiger partial charge in [0.1, 0.15) is 11.5 Å². The number of aryl methyl sites for hydroxylation is 1. The topological polar surface area (TPSA) is 165 Å². The molecule has 2 aromatic carbocycles. The minimum absolute atomic E-state index is 0.0377. The van der Waals surface area contributed by atoms with E-state index in [1.807, 2.05) is 19.1 Å². The number of ether oxygens (including phenoxy) is 1. The van der Waals surface area contributed by atoms with E-state index in [1.165, 1.54) is 11.6 Å². The number of amides is 1. The van der Waals surface area contributed by atoms with Crippen molar-refractivity contribution in [2.45, 2.75) is 32.4 Å². The third kappa shape index (κ3) is 10.2. The highest BCUT2D eigenvalue weighted by Crippen LogP contribution is 2.26. The summed E-state index contributed by atoms with van der Waals surface area (Å²) < 4.78 is 5.27. The number of aliphatic hydroxyl groups is 1. The summed E-state index contributed by atoms with van der Waals surface area (Å²) in [6.07, 6.45) is 1.68. The van der Waals surface area contributed by atoms with Gasteiger partial charge < -0.3 is 35.8 Å². The first kappa shape index (κ1) is 28.1. The van der Waals surface area contributed by atoms with E-state index in [4.69, 9.17) is 14.9 Å². The van der Waals surface area contributed by atoms with Crippen LogP contribution in [-0.4, -0.2) is 58.5 Å². The number of benzene rings is 2. The van der Waals surface area contributed by atoms with E-state index >= 15 is 0 Å². The fourth-order valence-corrected chi connectivity index (χ4v) is 3.01. The molecule has 1 amide bonds. The summed E-state index contributed by atoms with van der Waals surface area (Å²) in [6, 6.07) is 10.9. The highest BCUT2D eigenvalue weighted by Gasteiger charge is 2.12. The van der Waals surface area contributed by atoms with Crippen LogP contribution in [0.3, 0.4) is 0 Å². The molecule has 0 heterocycles. The van der Waals surface area contributed by atoms with Gasteiger partial charge in [0.15, 0.2) is 0 Å². The van der Waals surface area contributed by atoms with Crippen molar-refractivity contribution in [3.63, 3.8) is 0 Å². The zero-order valence-corrected chi connectivity index (χ0v) is 19.2. The molecule has 0 bridgehead atoms. The predicted octanol–water partition coefficient (Wildman–Crippen LogP) is 2.24. The molecule has 0 aromatic heterocycles. The van der Waals surface area contributed by atoms with Crippen molar-refractivity contribution in [3.05, 3.63) is 65.2 Å². The Labute approximate surface area is 197 Å². The largest absolute Gasteiger partial charge is 0.506 e. The van der Waals surface area contributed by atoms with E-state index in [9.17, 15) is 24.6 Å². The number of hydrogen-bond donors (Lipinski definition) is 6. The second kappa shape index (κ2) is 14.3. The van der Waals surface area contributed by atoms with Crippen LogP contribution in [0, 0.1) is 6.92 Å². The zero-order chi connectivity index (χ0) is 25.7. The monoisotopic (exact) mass is 474 g/mol. The van der Waals surface area contributed by atoms with Crippen LogP contribution in [0.25, 0.3) is 0 Å². The van der Waals surface area contributed by atoms with E-state index in [0.29, 0.717) is 30.7 Å². The van der Waals surface area contributed by atoms with Crippen molar-refractivity contribution in [1.82, 2.24) is 5.32 Å². The first-order valence-corrected chi connectivity index (χ1v) is 10.3. The van der Waals surface area contributed by atoms with Crippen LogP contribution < -0.4 is 15.4 Å². The Kier molecular flexibility index (Phi) is 11.8. The van der Waals surface area contributed by atoms with Gasteiger partial charge in [0.2, 0.25) is 6.41 Å². The predicted molar refractivity (Wildman–Crippen MR) is 126 cm³/mol. The number of methoxy groups -OCH3 is 1. The highest BCUT2D eigenvalue weighted by molar-refractivity contribution is 5.89. The molecule has 10 nitrogen and oxygen atoms in total. The number of aliphatic hydroxyl groups excluding tert-OH is 1. The molecule has 34 heavy (non-hydrogen) atoms. The lowest BCUT2D eigenvalue weighted by molar-refractivity contribution is -0.134. The normalized spacial score (nSPS) is 12.2. The maximum absolute atomic E-state index is 10.6. The molecule has 184 valence electrons. The number of carboxylic acids is 2. The van der Waals surface area contributed by atoms with Gasteiger partial charge in [-0.1, -0.05) is 18.2 Å². The Balaban J connectivity index is 0.000000620. The van der Waals surface area contributed by atoms with Gasteiger partial charge in [0, 0.05) is 24.7 Å². The summed E-state index contributed by atoms with van der Waals surface area (Å²) >= 11 is 0. The summed E-state index contributed by atoms with van der Waals surface area (Å²) in [7, 11) is 1.66. The quantitative estimate of drug-likeness (QED) is 0.163. The van der Waals surface area contributed by atoms with Crippen LogP contribution in [0.2, 0.25) is 0 Å². The molecule has 0 spiro atoms. The van der Waals surface area contributed by atoms with Gasteiger partial charge in [-0.3, -0.25) is 4.79 Å². The number of phenolic OH excluding ortho intramolecular Hbond substituents is 1. The molecule has 0 aliphatic rings. The summed E-state index contributed by atoms with van der Waals surface area (Å²) in [5.74, 6) is -1.68. The van der Waals surface area contributed by atoms with Gasteiger partial charge in [-0.25, -0.2) is 9.59 Å². The molecule has 0 saturated heterocycles. The fraction of sp³-hybridized carbons (Fsp3) is 0.292. The lowest BCUT2D eigenvalue weighted by Gasteiger charge is -2.19. The number of aliphatic carboxylic acids is 2. The number of rotatable bonds is 11. The smallest absolute Gasteiger partial charge is 0.328 e. The number of carboxylic acid groups (broad SMARTS) is 2. The molecule has 2 unspecified atom stereocenters. The van der Waals surface area contributed by atoms with Gasteiger partial charge in [-0.05, 0) is 55.2 Å². The molecular weight excluding hydrogens is 444 g/mol. The first-order valence-electron chi connectivity index (χ1n) is 10.3. The van der Waals surface area contributed by atoms with Gasteiger partial charge in [-0.2, -0.15) is 0 Å². The van der Waals surface area contributed by atoms with Gasteiger partial charge in [0.25, 0.3) is 0 Å². The summed E-state index contributed by atoms with van der Waals surface area (Å²) in [5, 5.41) is 41.4. The number of phenols is 1. The van der Waals surface area contributed by atoms with Crippen molar-refractivity contribution in [2.75, 3.05) is 19.0 Å². The van der Waals surface area contributed by atoms with Crippen LogP contribution in [-0.2, 0) is 20.8 Å². The molecule has 0 aliphatic carbocycles. The molecule has 2 rings (SSSR count). The van der Waals surface area contributed by atoms with Crippen LogP contribution >= 0.6 is 0 Å². The van der Waals surface area contributed by atoms with Crippen molar-refractivity contribution in [3.8, 4) is 11.5 Å². The van der Waals surface area contributed by atoms with Gasteiger partial charge in [-0.15, -0.1) is 0 Å². The molecule has 2 aromatic rings. The third-order valence-electron chi connectivity index (χ3n) is 4.65. The number of anilines is 1. The van der Waals surface area contributed by atoms with Crippen LogP contribution in [0.15, 0.2) is 48.6 Å². The van der Waals surface area contributed by atoms with E-state index < -0.39 is 18.0 Å². The second-order valence-corrected chi connectivity index (χ2v) is 7.38. The van der Waals surface area contributed by atoms with E-state index in [1.54, 1.807) is 19.2 Å². The Morgan fingerprint density at radius 1 is 1.09 bits per heavy atom. The lowest BCUT2D eigenvalue weighted by atomic mass is 10.0. The number of aromatic hydroxyl groups is 1. The molecule has 6 N–H and O–H groups in total. The van der Waals surface area contributed by atoms with Gasteiger partial charge in [0.05, 0.1) is 18.9 Å². The van der Waals surface area contributed by atoms with Gasteiger partial charge >= 0.3 is 11.9 Å². The minimum atomic E-state index is -1.26. The lowest BCUT2D eigenvalue weighted by Crippen LogP contribution is -2.32. The SMILES string of the molecule is COc1ccc(CC(C)NCC(O)c2ccc(O)c(NC=O)c2)cc1C.O=C(O)/C=C/C(=O)O. The van der Waals surface area contributed by atoms with E-state index in [0.717, 1.165) is 17.7 Å². The molecule has 0 saturated carbocycles. The Morgan fingerprint density at radius 2 is 1.74 bits per heavy atom. The maximum atomic E-state index is 10.6. The number of carbonyl (C=O) groups is 3. The number of carbonyl (C=O) groups excluding carboxylic acids is 1. The number of nitrogens with one attached hydrogen (secondary N) is 2. The zero-order valence-electron chi connectivity index (χ0n) is 19.2. The Morgan fingerprint density at radius 3 is 2.26 bits per heavy atom. The molecule has 10 heteroatoms. The van der Waals surface area contributed by atoms with E-state index in [-0.39, 0.29) is 17.5 Å².